The van der Waals surface area contributed by atoms with Crippen molar-refractivity contribution in [2.75, 3.05) is 12.3 Å². The molecule has 0 aliphatic heterocycles. The Labute approximate surface area is 116 Å². The molecule has 0 amide bonds. The number of carbonyl (C=O) groups is 2. The summed E-state index contributed by atoms with van der Waals surface area (Å²) in [6.45, 7) is 0.416. The lowest BCUT2D eigenvalue weighted by Gasteiger charge is -2.21. The predicted molar refractivity (Wildman–Crippen MR) is 76.9 cm³/mol. The minimum absolute atomic E-state index is 0.147. The average Bonchev–Trinajstić information content (AvgIpc) is 2.47. The zero-order chi connectivity index (χ0) is 14.3. The molecule has 0 fully saturated rings. The Kier molecular flexibility index (Phi) is 2.88. The smallest absolute Gasteiger partial charge is 0.196 e. The first-order chi connectivity index (χ1) is 9.65. The van der Waals surface area contributed by atoms with Crippen molar-refractivity contribution < 1.29 is 9.59 Å². The molecule has 0 aromatic heterocycles. The second-order valence-corrected chi connectivity index (χ2v) is 4.81. The van der Waals surface area contributed by atoms with Crippen molar-refractivity contribution >= 4 is 17.3 Å². The molecule has 0 saturated heterocycles. The Morgan fingerprint density at radius 1 is 0.850 bits per heavy atom. The van der Waals surface area contributed by atoms with Gasteiger partial charge in [0.1, 0.15) is 0 Å². The van der Waals surface area contributed by atoms with Gasteiger partial charge in [-0.05, 0) is 24.6 Å². The molecule has 2 aromatic carbocycles. The Hall–Kier alpha value is -2.46. The van der Waals surface area contributed by atoms with Crippen LogP contribution in [0.4, 0.5) is 5.69 Å². The van der Waals surface area contributed by atoms with Crippen molar-refractivity contribution in [3.05, 3.63) is 64.2 Å². The van der Waals surface area contributed by atoms with Gasteiger partial charge in [-0.3, -0.25) is 9.59 Å². The molecule has 3 rings (SSSR count). The molecular weight excluding hydrogens is 252 g/mol. The number of anilines is 1. The van der Waals surface area contributed by atoms with Gasteiger partial charge in [0.2, 0.25) is 0 Å². The summed E-state index contributed by atoms with van der Waals surface area (Å²) in [5.41, 5.74) is 14.2. The predicted octanol–water partition coefficient (Wildman–Crippen LogP) is 1.55. The van der Waals surface area contributed by atoms with Crippen molar-refractivity contribution in [2.45, 2.75) is 6.42 Å². The van der Waals surface area contributed by atoms with E-state index in [0.717, 1.165) is 5.56 Å². The van der Waals surface area contributed by atoms with Gasteiger partial charge in [-0.15, -0.1) is 0 Å². The minimum Gasteiger partial charge on any atom is -0.398 e. The van der Waals surface area contributed by atoms with Crippen molar-refractivity contribution in [1.29, 1.82) is 0 Å². The summed E-state index contributed by atoms with van der Waals surface area (Å²) >= 11 is 0. The Balaban J connectivity index is 2.32. The first-order valence-electron chi connectivity index (χ1n) is 6.45. The molecule has 0 atom stereocenters. The molecule has 0 bridgehead atoms. The minimum atomic E-state index is -0.188. The first kappa shape index (κ1) is 12.6. The standard InChI is InChI=1S/C16H14N2O2/c17-8-7-9-5-6-12(18)14-13(9)15(19)10-3-1-2-4-11(10)16(14)20/h1-6H,7-8,17-18H2. The largest absolute Gasteiger partial charge is 0.398 e. The maximum atomic E-state index is 12.7. The molecule has 2 aromatic rings. The summed E-state index contributed by atoms with van der Waals surface area (Å²) in [6.07, 6.45) is 0.545. The fraction of sp³-hybridized carbons (Fsp3) is 0.125. The number of hydrogen-bond acceptors (Lipinski definition) is 4. The third kappa shape index (κ3) is 1.66. The summed E-state index contributed by atoms with van der Waals surface area (Å²) in [5.74, 6) is -0.336. The van der Waals surface area contributed by atoms with E-state index in [4.69, 9.17) is 11.5 Å². The summed E-state index contributed by atoms with van der Waals surface area (Å²) in [5, 5.41) is 0. The van der Waals surface area contributed by atoms with Gasteiger partial charge in [0.15, 0.2) is 11.6 Å². The van der Waals surface area contributed by atoms with E-state index in [1.807, 2.05) is 0 Å². The van der Waals surface area contributed by atoms with Crippen LogP contribution in [0.3, 0.4) is 0 Å². The van der Waals surface area contributed by atoms with E-state index in [1.165, 1.54) is 0 Å². The molecule has 100 valence electrons. The molecule has 1 aliphatic rings. The Morgan fingerprint density at radius 2 is 1.45 bits per heavy atom. The van der Waals surface area contributed by atoms with Gasteiger partial charge < -0.3 is 11.5 Å². The maximum absolute atomic E-state index is 12.7. The lowest BCUT2D eigenvalue weighted by atomic mass is 9.80. The number of nitrogen functional groups attached to an aromatic ring is 1. The molecule has 1 aliphatic carbocycles. The molecule has 0 radical (unpaired) electrons. The van der Waals surface area contributed by atoms with Crippen molar-refractivity contribution in [3.8, 4) is 0 Å². The number of nitrogens with two attached hydrogens (primary N) is 2. The highest BCUT2D eigenvalue weighted by Crippen LogP contribution is 2.33. The molecule has 4 heteroatoms. The lowest BCUT2D eigenvalue weighted by molar-refractivity contribution is 0.0979. The zero-order valence-corrected chi connectivity index (χ0v) is 10.8. The molecule has 0 unspecified atom stereocenters. The lowest BCUT2D eigenvalue weighted by Crippen LogP contribution is -2.24. The van der Waals surface area contributed by atoms with Crippen molar-refractivity contribution in [2.24, 2.45) is 5.73 Å². The number of rotatable bonds is 2. The molecule has 0 saturated carbocycles. The van der Waals surface area contributed by atoms with Crippen molar-refractivity contribution in [3.63, 3.8) is 0 Å². The van der Waals surface area contributed by atoms with Gasteiger partial charge in [0, 0.05) is 22.4 Å². The van der Waals surface area contributed by atoms with Gasteiger partial charge >= 0.3 is 0 Å². The van der Waals surface area contributed by atoms with Crippen LogP contribution in [0, 0.1) is 0 Å². The normalized spacial score (nSPS) is 13.1. The summed E-state index contributed by atoms with van der Waals surface area (Å²) in [7, 11) is 0. The van der Waals surface area contributed by atoms with Crippen LogP contribution in [-0.2, 0) is 6.42 Å². The number of ketones is 2. The third-order valence-electron chi connectivity index (χ3n) is 3.61. The first-order valence-corrected chi connectivity index (χ1v) is 6.45. The Morgan fingerprint density at radius 3 is 2.05 bits per heavy atom. The Bertz CT molecular complexity index is 735. The van der Waals surface area contributed by atoms with Gasteiger partial charge in [0.05, 0.1) is 5.56 Å². The number of benzene rings is 2. The monoisotopic (exact) mass is 266 g/mol. The highest BCUT2D eigenvalue weighted by atomic mass is 16.1. The van der Waals surface area contributed by atoms with E-state index >= 15 is 0 Å². The fourth-order valence-corrected chi connectivity index (χ4v) is 2.68. The second-order valence-electron chi connectivity index (χ2n) is 4.81. The highest BCUT2D eigenvalue weighted by Gasteiger charge is 2.32. The third-order valence-corrected chi connectivity index (χ3v) is 3.61. The van der Waals surface area contributed by atoms with Gasteiger partial charge in [-0.1, -0.05) is 30.3 Å². The van der Waals surface area contributed by atoms with Gasteiger partial charge in [0.25, 0.3) is 0 Å². The molecule has 0 heterocycles. The van der Waals surface area contributed by atoms with E-state index in [-0.39, 0.29) is 11.6 Å². The fourth-order valence-electron chi connectivity index (χ4n) is 2.68. The zero-order valence-electron chi connectivity index (χ0n) is 10.8. The molecule has 4 nitrogen and oxygen atoms in total. The van der Waals surface area contributed by atoms with E-state index in [0.29, 0.717) is 40.9 Å². The van der Waals surface area contributed by atoms with Gasteiger partial charge in [-0.2, -0.15) is 0 Å². The van der Waals surface area contributed by atoms with E-state index in [1.54, 1.807) is 36.4 Å². The molecular formula is C16H14N2O2. The van der Waals surface area contributed by atoms with Crippen molar-refractivity contribution in [1.82, 2.24) is 0 Å². The van der Waals surface area contributed by atoms with E-state index in [2.05, 4.69) is 0 Å². The number of carbonyl (C=O) groups excluding carboxylic acids is 2. The molecule has 20 heavy (non-hydrogen) atoms. The van der Waals surface area contributed by atoms with E-state index < -0.39 is 0 Å². The highest BCUT2D eigenvalue weighted by molar-refractivity contribution is 6.30. The van der Waals surface area contributed by atoms with Crippen LogP contribution >= 0.6 is 0 Å². The quantitative estimate of drug-likeness (QED) is 0.689. The van der Waals surface area contributed by atoms with Crippen LogP contribution in [0.1, 0.15) is 37.4 Å². The summed E-state index contributed by atoms with van der Waals surface area (Å²) in [4.78, 5) is 25.2. The van der Waals surface area contributed by atoms with Crippen LogP contribution in [0.2, 0.25) is 0 Å². The second kappa shape index (κ2) is 4.58. The average molecular weight is 266 g/mol. The molecule has 0 spiro atoms. The SMILES string of the molecule is NCCc1ccc(N)c2c1C(=O)c1ccccc1C2=O. The van der Waals surface area contributed by atoms with Crippen LogP contribution in [0.15, 0.2) is 36.4 Å². The number of hydrogen-bond donors (Lipinski definition) is 2. The topological polar surface area (TPSA) is 86.2 Å². The van der Waals surface area contributed by atoms with Crippen LogP contribution in [-0.4, -0.2) is 18.1 Å². The summed E-state index contributed by atoms with van der Waals surface area (Å²) < 4.78 is 0. The van der Waals surface area contributed by atoms with Crippen LogP contribution < -0.4 is 11.5 Å². The molecule has 4 N–H and O–H groups in total. The summed E-state index contributed by atoms with van der Waals surface area (Å²) in [6, 6.07) is 10.3. The van der Waals surface area contributed by atoms with E-state index in [9.17, 15) is 9.59 Å². The van der Waals surface area contributed by atoms with Crippen LogP contribution in [0.5, 0.6) is 0 Å². The van der Waals surface area contributed by atoms with Crippen LogP contribution in [0.25, 0.3) is 0 Å². The van der Waals surface area contributed by atoms with Gasteiger partial charge in [-0.25, -0.2) is 0 Å². The maximum Gasteiger partial charge on any atom is 0.196 e. The number of fused-ring (bicyclic) bond motifs is 2.